The maximum Gasteiger partial charge on any atom is 0.256 e. The number of nitrogens with zero attached hydrogens (tertiary/aromatic N) is 3. The summed E-state index contributed by atoms with van der Waals surface area (Å²) < 4.78 is 0. The van der Waals surface area contributed by atoms with Crippen LogP contribution in [0.25, 0.3) is 0 Å². The largest absolute Gasteiger partial charge is 0.352 e. The fourth-order valence-electron chi connectivity index (χ4n) is 2.44. The van der Waals surface area contributed by atoms with Gasteiger partial charge in [-0.2, -0.15) is 0 Å². The van der Waals surface area contributed by atoms with E-state index in [0.717, 1.165) is 18.7 Å². The van der Waals surface area contributed by atoms with Crippen molar-refractivity contribution < 1.29 is 9.59 Å². The minimum atomic E-state index is -0.405. The summed E-state index contributed by atoms with van der Waals surface area (Å²) in [4.78, 5) is 33.1. The van der Waals surface area contributed by atoms with Gasteiger partial charge in [0.1, 0.15) is 6.04 Å². The van der Waals surface area contributed by atoms with Crippen LogP contribution >= 0.6 is 11.8 Å². The van der Waals surface area contributed by atoms with Gasteiger partial charge in [-0.1, -0.05) is 6.92 Å². The Balaban J connectivity index is 2.06. The van der Waals surface area contributed by atoms with E-state index in [4.69, 9.17) is 0 Å². The monoisotopic (exact) mass is 350 g/mol. The molecule has 0 saturated carbocycles. The van der Waals surface area contributed by atoms with Crippen molar-refractivity contribution in [1.29, 1.82) is 0 Å². The van der Waals surface area contributed by atoms with Crippen molar-refractivity contribution >= 4 is 23.6 Å². The van der Waals surface area contributed by atoms with Crippen LogP contribution in [0, 0.1) is 0 Å². The summed E-state index contributed by atoms with van der Waals surface area (Å²) in [5.74, 6) is 0.977. The van der Waals surface area contributed by atoms with Crippen LogP contribution in [0.3, 0.4) is 0 Å². The Kier molecular flexibility index (Phi) is 6.62. The number of rotatable bonds is 6. The Hall–Kier alpha value is -1.60. The van der Waals surface area contributed by atoms with Gasteiger partial charge in [0, 0.05) is 24.5 Å². The number of amides is 2. The molecule has 1 N–H and O–H groups in total. The molecule has 24 heavy (non-hydrogen) atoms. The minimum Gasteiger partial charge on any atom is -0.352 e. The molecule has 0 bridgehead atoms. The fourth-order valence-corrected chi connectivity index (χ4v) is 3.59. The molecule has 1 aliphatic rings. The summed E-state index contributed by atoms with van der Waals surface area (Å²) in [6.07, 6.45) is 2.48. The minimum absolute atomic E-state index is 0.0695. The van der Waals surface area contributed by atoms with Gasteiger partial charge in [-0.3, -0.25) is 14.6 Å². The van der Waals surface area contributed by atoms with E-state index in [1.807, 2.05) is 38.9 Å². The zero-order chi connectivity index (χ0) is 17.7. The highest BCUT2D eigenvalue weighted by atomic mass is 32.2. The van der Waals surface area contributed by atoms with Crippen LogP contribution in [0.4, 0.5) is 0 Å². The highest BCUT2D eigenvalue weighted by Crippen LogP contribution is 2.23. The van der Waals surface area contributed by atoms with Crippen LogP contribution < -0.4 is 5.32 Å². The number of nitrogens with one attached hydrogen (secondary N) is 1. The molecule has 1 fully saturated rings. The average molecular weight is 350 g/mol. The molecule has 1 aliphatic heterocycles. The van der Waals surface area contributed by atoms with E-state index in [0.29, 0.717) is 17.2 Å². The summed E-state index contributed by atoms with van der Waals surface area (Å²) in [5, 5.41) is 2.97. The first-order valence-corrected chi connectivity index (χ1v) is 9.36. The van der Waals surface area contributed by atoms with Crippen LogP contribution in [0.15, 0.2) is 18.3 Å². The summed E-state index contributed by atoms with van der Waals surface area (Å²) in [7, 11) is 3.95. The van der Waals surface area contributed by atoms with Gasteiger partial charge in [-0.25, -0.2) is 0 Å². The second-order valence-electron chi connectivity index (χ2n) is 6.38. The second-order valence-corrected chi connectivity index (χ2v) is 7.38. The molecular formula is C17H26N4O2S. The lowest BCUT2D eigenvalue weighted by atomic mass is 10.1. The topological polar surface area (TPSA) is 65.5 Å². The summed E-state index contributed by atoms with van der Waals surface area (Å²) >= 11 is 1.61. The van der Waals surface area contributed by atoms with Crippen molar-refractivity contribution in [3.8, 4) is 0 Å². The molecule has 1 aromatic heterocycles. The van der Waals surface area contributed by atoms with Gasteiger partial charge in [-0.05, 0) is 39.6 Å². The van der Waals surface area contributed by atoms with Crippen molar-refractivity contribution in [1.82, 2.24) is 20.1 Å². The molecule has 2 atom stereocenters. The molecule has 0 radical (unpaired) electrons. The van der Waals surface area contributed by atoms with E-state index in [-0.39, 0.29) is 17.9 Å². The third-order valence-electron chi connectivity index (χ3n) is 4.00. The first kappa shape index (κ1) is 18.7. The van der Waals surface area contributed by atoms with Crippen molar-refractivity contribution in [2.45, 2.75) is 38.9 Å². The fraction of sp³-hybridized carbons (Fsp3) is 0.588. The standard InChI is InChI=1S/C17H26N4O2S/c1-5-12(2)19-16(22)15-10-24-11-21(15)17(23)13-6-7-14(18-8-13)9-20(3)4/h6-8,12,15H,5,9-11H2,1-4H3,(H,19,22)/t12-,15-/m1/s1. The summed E-state index contributed by atoms with van der Waals surface area (Å²) in [6, 6.07) is 3.37. The maximum atomic E-state index is 12.7. The lowest BCUT2D eigenvalue weighted by Gasteiger charge is -2.24. The molecule has 6 nitrogen and oxygen atoms in total. The Bertz CT molecular complexity index is 576. The Morgan fingerprint density at radius 1 is 1.46 bits per heavy atom. The predicted octanol–water partition coefficient (Wildman–Crippen LogP) is 1.57. The number of hydrogen-bond acceptors (Lipinski definition) is 5. The van der Waals surface area contributed by atoms with Crippen LogP contribution in [-0.2, 0) is 11.3 Å². The van der Waals surface area contributed by atoms with E-state index >= 15 is 0 Å². The number of hydrogen-bond donors (Lipinski definition) is 1. The normalized spacial score (nSPS) is 18.7. The molecule has 1 saturated heterocycles. The van der Waals surface area contributed by atoms with Crippen LogP contribution in [0.1, 0.15) is 36.3 Å². The Labute approximate surface area is 148 Å². The van der Waals surface area contributed by atoms with Gasteiger partial charge in [0.15, 0.2) is 0 Å². The van der Waals surface area contributed by atoms with Crippen molar-refractivity contribution in [2.24, 2.45) is 0 Å². The highest BCUT2D eigenvalue weighted by molar-refractivity contribution is 7.99. The van der Waals surface area contributed by atoms with Gasteiger partial charge in [0.25, 0.3) is 5.91 Å². The van der Waals surface area contributed by atoms with Crippen molar-refractivity contribution in [3.63, 3.8) is 0 Å². The van der Waals surface area contributed by atoms with E-state index in [1.54, 1.807) is 28.9 Å². The predicted molar refractivity (Wildman–Crippen MR) is 96.8 cm³/mol. The first-order valence-electron chi connectivity index (χ1n) is 8.21. The number of pyridine rings is 1. The van der Waals surface area contributed by atoms with E-state index in [9.17, 15) is 9.59 Å². The molecule has 0 unspecified atom stereocenters. The van der Waals surface area contributed by atoms with Gasteiger partial charge >= 0.3 is 0 Å². The number of aromatic nitrogens is 1. The molecule has 0 aliphatic carbocycles. The lowest BCUT2D eigenvalue weighted by Crippen LogP contribution is -2.49. The molecule has 132 valence electrons. The van der Waals surface area contributed by atoms with E-state index < -0.39 is 6.04 Å². The maximum absolute atomic E-state index is 12.7. The quantitative estimate of drug-likeness (QED) is 0.844. The number of carbonyl (C=O) groups is 2. The third-order valence-corrected chi connectivity index (χ3v) is 5.01. The Morgan fingerprint density at radius 2 is 2.21 bits per heavy atom. The van der Waals surface area contributed by atoms with Crippen LogP contribution in [-0.4, -0.2) is 64.4 Å². The second kappa shape index (κ2) is 8.48. The molecule has 2 rings (SSSR count). The molecule has 0 aromatic carbocycles. The lowest BCUT2D eigenvalue weighted by molar-refractivity contribution is -0.125. The molecule has 0 spiro atoms. The van der Waals surface area contributed by atoms with Crippen LogP contribution in [0.2, 0.25) is 0 Å². The molecule has 1 aromatic rings. The smallest absolute Gasteiger partial charge is 0.256 e. The molecule has 7 heteroatoms. The number of thioether (sulfide) groups is 1. The Morgan fingerprint density at radius 3 is 2.79 bits per heavy atom. The molecule has 2 heterocycles. The van der Waals surface area contributed by atoms with Gasteiger partial charge in [0.2, 0.25) is 5.91 Å². The number of carbonyl (C=O) groups excluding carboxylic acids is 2. The molecular weight excluding hydrogens is 324 g/mol. The van der Waals surface area contributed by atoms with Gasteiger partial charge < -0.3 is 15.1 Å². The van der Waals surface area contributed by atoms with Crippen LogP contribution in [0.5, 0.6) is 0 Å². The average Bonchev–Trinajstić information content (AvgIpc) is 3.04. The highest BCUT2D eigenvalue weighted by Gasteiger charge is 2.35. The van der Waals surface area contributed by atoms with E-state index in [2.05, 4.69) is 10.3 Å². The van der Waals surface area contributed by atoms with Gasteiger partial charge in [0.05, 0.1) is 17.1 Å². The first-order chi connectivity index (χ1) is 11.4. The zero-order valence-electron chi connectivity index (χ0n) is 14.8. The summed E-state index contributed by atoms with van der Waals surface area (Å²) in [5.41, 5.74) is 1.44. The van der Waals surface area contributed by atoms with Crippen molar-refractivity contribution in [3.05, 3.63) is 29.6 Å². The summed E-state index contributed by atoms with van der Waals surface area (Å²) in [6.45, 7) is 4.73. The van der Waals surface area contributed by atoms with Gasteiger partial charge in [-0.15, -0.1) is 11.8 Å². The SMILES string of the molecule is CC[C@@H](C)NC(=O)[C@H]1CSCN1C(=O)c1ccc(CN(C)C)nc1. The van der Waals surface area contributed by atoms with E-state index in [1.165, 1.54) is 0 Å². The molecule has 2 amide bonds. The zero-order valence-corrected chi connectivity index (χ0v) is 15.6. The third kappa shape index (κ3) is 4.70. The van der Waals surface area contributed by atoms with Crippen molar-refractivity contribution in [2.75, 3.05) is 25.7 Å².